The van der Waals surface area contributed by atoms with E-state index in [0.29, 0.717) is 14.3 Å². The fourth-order valence-corrected chi connectivity index (χ4v) is 4.93. The number of halogens is 2. The van der Waals surface area contributed by atoms with Gasteiger partial charge >= 0.3 is 35.6 Å². The summed E-state index contributed by atoms with van der Waals surface area (Å²) in [7, 11) is 10.3. The summed E-state index contributed by atoms with van der Waals surface area (Å²) in [6.45, 7) is 12.1. The topological polar surface area (TPSA) is 23.5 Å². The minimum atomic E-state index is -0.556. The number of aromatic hydroxyl groups is 1. The summed E-state index contributed by atoms with van der Waals surface area (Å²) in [6, 6.07) is 13.0. The number of likely N-dealkylation sites (tertiary alicyclic amines) is 1. The van der Waals surface area contributed by atoms with Crippen molar-refractivity contribution in [3.8, 4) is 5.75 Å². The quantitative estimate of drug-likeness (QED) is 0.423. The van der Waals surface area contributed by atoms with Crippen LogP contribution in [0.1, 0.15) is 56.7 Å². The van der Waals surface area contributed by atoms with Crippen molar-refractivity contribution >= 4 is 37.8 Å². The molecule has 0 bridgehead atoms. The summed E-state index contributed by atoms with van der Waals surface area (Å²) in [5.41, 5.74) is 3.73. The second kappa shape index (κ2) is 12.1. The molecule has 1 saturated heterocycles. The fourth-order valence-electron chi connectivity index (χ4n) is 3.73. The van der Waals surface area contributed by atoms with E-state index in [9.17, 15) is 5.11 Å². The van der Waals surface area contributed by atoms with Crippen LogP contribution in [0.4, 0.5) is 0 Å². The van der Waals surface area contributed by atoms with E-state index in [4.69, 9.17) is 18.6 Å². The number of phenols is 1. The Morgan fingerprint density at radius 1 is 1.03 bits per heavy atom. The van der Waals surface area contributed by atoms with Crippen LogP contribution < -0.4 is 10.6 Å². The molecule has 0 radical (unpaired) electrons. The van der Waals surface area contributed by atoms with Crippen LogP contribution in [0.3, 0.4) is 0 Å². The van der Waals surface area contributed by atoms with Gasteiger partial charge in [-0.15, -0.1) is 0 Å². The monoisotopic (exact) mass is 487 g/mol. The van der Waals surface area contributed by atoms with E-state index in [1.807, 2.05) is 6.07 Å². The van der Waals surface area contributed by atoms with Gasteiger partial charge in [-0.3, -0.25) is 4.90 Å². The first-order valence-electron chi connectivity index (χ1n) is 10.1. The van der Waals surface area contributed by atoms with Crippen molar-refractivity contribution in [3.63, 3.8) is 0 Å². The van der Waals surface area contributed by atoms with Gasteiger partial charge in [0.2, 0.25) is 0 Å². The molecule has 3 rings (SSSR count). The van der Waals surface area contributed by atoms with Gasteiger partial charge in [-0.1, -0.05) is 77.7 Å². The molecule has 1 N–H and O–H groups in total. The number of phenolic OH excluding ortho intramolecular Hbond substituents is 1. The van der Waals surface area contributed by atoms with Crippen molar-refractivity contribution in [2.75, 3.05) is 13.1 Å². The third-order valence-electron chi connectivity index (χ3n) is 5.22. The molecule has 1 aliphatic heterocycles. The molecule has 6 heteroatoms. The van der Waals surface area contributed by atoms with E-state index in [2.05, 4.69) is 62.9 Å². The summed E-state index contributed by atoms with van der Waals surface area (Å²) in [6.07, 6.45) is 4.00. The first kappa shape index (κ1) is 25.2. The second-order valence-electron chi connectivity index (χ2n) is 8.65. The molecule has 1 fully saturated rings. The Kier molecular flexibility index (Phi) is 10.5. The van der Waals surface area contributed by atoms with E-state index < -0.39 is 17.0 Å². The Labute approximate surface area is 194 Å². The van der Waals surface area contributed by atoms with Gasteiger partial charge in [-0.05, 0) is 54.7 Å². The van der Waals surface area contributed by atoms with E-state index in [1.54, 1.807) is 0 Å². The third-order valence-corrected chi connectivity index (χ3v) is 6.65. The summed E-state index contributed by atoms with van der Waals surface area (Å²) >= 11 is -0.556. The van der Waals surface area contributed by atoms with Crippen molar-refractivity contribution in [3.05, 3.63) is 53.1 Å². The number of hydrogen-bond acceptors (Lipinski definition) is 2. The third kappa shape index (κ3) is 7.84. The number of hydrogen-bond donors (Lipinski definition) is 1. The fraction of sp³-hybridized carbons (Fsp3) is 0.478. The molecule has 1 heterocycles. The van der Waals surface area contributed by atoms with Crippen molar-refractivity contribution in [1.29, 1.82) is 0 Å². The molecule has 0 spiro atoms. The number of aryl methyl sites for hydroxylation is 1. The molecule has 29 heavy (non-hydrogen) atoms. The standard InChI is InChI=1S/C23H32NOP.2ClH.Ti/c1-17-11-12-20(18(15-17)16-24-13-6-5-7-14-24)26-21-10-8-9-19(22(21)25)23(2,3)4;;;/h8-12,15,25-26H,5-7,13-14,16H2,1-4H3;2*1H;/q;;;+2/p-2. The van der Waals surface area contributed by atoms with E-state index in [1.165, 1.54) is 48.8 Å². The summed E-state index contributed by atoms with van der Waals surface area (Å²) in [5.74, 6) is 0.475. The van der Waals surface area contributed by atoms with Crippen molar-refractivity contribution < 1.29 is 22.1 Å². The minimum absolute atomic E-state index is 0.0471. The van der Waals surface area contributed by atoms with Crippen LogP contribution in [-0.2, 0) is 29.0 Å². The zero-order valence-corrected chi connectivity index (χ0v) is 21.9. The molecule has 0 saturated carbocycles. The summed E-state index contributed by atoms with van der Waals surface area (Å²) < 4.78 is 0. The van der Waals surface area contributed by atoms with E-state index >= 15 is 0 Å². The molecule has 2 aromatic rings. The predicted octanol–water partition coefficient (Wildman–Crippen LogP) is 5.99. The van der Waals surface area contributed by atoms with Gasteiger partial charge in [0, 0.05) is 11.8 Å². The van der Waals surface area contributed by atoms with Gasteiger partial charge in [0.15, 0.2) is 0 Å². The first-order valence-corrected chi connectivity index (χ1v) is 15.4. The molecule has 1 unspecified atom stereocenters. The maximum atomic E-state index is 10.8. The van der Waals surface area contributed by atoms with Gasteiger partial charge in [-0.25, -0.2) is 0 Å². The molecular formula is C23H32Cl2NOPTi. The average Bonchev–Trinajstić information content (AvgIpc) is 2.66. The van der Waals surface area contributed by atoms with Crippen LogP contribution >= 0.6 is 27.2 Å². The SMILES string of the molecule is Cc1ccc(Pc2cccc(C(C)(C)C)c2O)c(CN2CCCCC2)c1.[Cl][Ti][Cl]. The number of rotatable bonds is 4. The van der Waals surface area contributed by atoms with Crippen LogP contribution in [0, 0.1) is 6.92 Å². The van der Waals surface area contributed by atoms with Gasteiger partial charge in [0.25, 0.3) is 0 Å². The number of benzene rings is 2. The molecule has 0 aromatic heterocycles. The molecule has 158 valence electrons. The molecule has 0 aliphatic carbocycles. The Morgan fingerprint density at radius 3 is 2.31 bits per heavy atom. The van der Waals surface area contributed by atoms with Crippen LogP contribution in [0.25, 0.3) is 0 Å². The van der Waals surface area contributed by atoms with Crippen LogP contribution in [0.2, 0.25) is 0 Å². The molecule has 2 nitrogen and oxygen atoms in total. The van der Waals surface area contributed by atoms with Crippen LogP contribution in [-0.4, -0.2) is 23.1 Å². The predicted molar refractivity (Wildman–Crippen MR) is 126 cm³/mol. The van der Waals surface area contributed by atoms with Gasteiger partial charge in [-0.2, -0.15) is 0 Å². The van der Waals surface area contributed by atoms with E-state index in [0.717, 1.165) is 17.4 Å². The molecule has 0 amide bonds. The Hall–Kier alpha value is -0.0757. The Balaban J connectivity index is 0.000000941. The van der Waals surface area contributed by atoms with Crippen molar-refractivity contribution in [1.82, 2.24) is 4.90 Å². The van der Waals surface area contributed by atoms with Crippen molar-refractivity contribution in [2.45, 2.75) is 58.9 Å². The Bertz CT molecular complexity index is 789. The summed E-state index contributed by atoms with van der Waals surface area (Å²) in [4.78, 5) is 2.58. The molecule has 2 aromatic carbocycles. The zero-order chi connectivity index (χ0) is 21.4. The van der Waals surface area contributed by atoms with Gasteiger partial charge in [0.1, 0.15) is 5.75 Å². The molecule has 1 atom stereocenters. The molecule has 1 aliphatic rings. The second-order valence-corrected chi connectivity index (χ2v) is 12.6. The molecular weight excluding hydrogens is 456 g/mol. The summed E-state index contributed by atoms with van der Waals surface area (Å²) in [5, 5.41) is 13.3. The van der Waals surface area contributed by atoms with Crippen molar-refractivity contribution in [2.24, 2.45) is 0 Å². The Morgan fingerprint density at radius 2 is 1.69 bits per heavy atom. The number of para-hydroxylation sites is 1. The normalized spacial score (nSPS) is 15.2. The van der Waals surface area contributed by atoms with Crippen LogP contribution in [0.5, 0.6) is 5.75 Å². The number of nitrogens with zero attached hydrogens (tertiary/aromatic N) is 1. The average molecular weight is 488 g/mol. The zero-order valence-electron chi connectivity index (χ0n) is 17.9. The van der Waals surface area contributed by atoms with E-state index in [-0.39, 0.29) is 5.41 Å². The first-order chi connectivity index (χ1) is 13.8. The maximum absolute atomic E-state index is 10.8. The van der Waals surface area contributed by atoms with Gasteiger partial charge in [0.05, 0.1) is 0 Å². The van der Waals surface area contributed by atoms with Crippen LogP contribution in [0.15, 0.2) is 36.4 Å². The number of piperidine rings is 1. The van der Waals surface area contributed by atoms with Gasteiger partial charge < -0.3 is 5.11 Å².